The highest BCUT2D eigenvalue weighted by Crippen LogP contribution is 2.31. The van der Waals surface area contributed by atoms with Crippen LogP contribution in [0, 0.1) is 0 Å². The number of benzene rings is 2. The number of methoxy groups -OCH3 is 1. The maximum absolute atomic E-state index is 12.6. The lowest BCUT2D eigenvalue weighted by Crippen LogP contribution is -2.35. The Balaban J connectivity index is 1.51. The lowest BCUT2D eigenvalue weighted by Gasteiger charge is -2.13. The standard InChI is InChI=1S/C21H16N2O4S/c1-26-15-7-10-17(11-8-15)28-19-12-9-16(27-19)13-18-20(24)22-23(21(18)25)14-5-3-2-4-6-14/h2-13H,1H3,(H,22,24). The molecule has 7 heteroatoms. The molecule has 1 aliphatic rings. The van der Waals surface area contributed by atoms with E-state index in [2.05, 4.69) is 5.43 Å². The van der Waals surface area contributed by atoms with Gasteiger partial charge in [0.15, 0.2) is 5.09 Å². The van der Waals surface area contributed by atoms with E-state index in [0.717, 1.165) is 10.6 Å². The van der Waals surface area contributed by atoms with E-state index in [1.54, 1.807) is 43.5 Å². The van der Waals surface area contributed by atoms with Gasteiger partial charge in [-0.25, -0.2) is 5.01 Å². The van der Waals surface area contributed by atoms with Crippen LogP contribution < -0.4 is 15.2 Å². The van der Waals surface area contributed by atoms with E-state index in [1.807, 2.05) is 30.3 Å². The first-order chi connectivity index (χ1) is 13.6. The molecule has 1 fully saturated rings. The average Bonchev–Trinajstić information content (AvgIpc) is 3.28. The second kappa shape index (κ2) is 7.66. The minimum absolute atomic E-state index is 0.0270. The van der Waals surface area contributed by atoms with Gasteiger partial charge in [-0.2, -0.15) is 0 Å². The van der Waals surface area contributed by atoms with Crippen molar-refractivity contribution in [3.63, 3.8) is 0 Å². The number of carbonyl (C=O) groups excluding carboxylic acids is 2. The first kappa shape index (κ1) is 17.9. The van der Waals surface area contributed by atoms with Crippen molar-refractivity contribution in [2.45, 2.75) is 9.99 Å². The molecular weight excluding hydrogens is 376 g/mol. The fourth-order valence-electron chi connectivity index (χ4n) is 2.69. The van der Waals surface area contributed by atoms with Crippen LogP contribution in [0.2, 0.25) is 0 Å². The number of rotatable bonds is 5. The molecule has 140 valence electrons. The maximum atomic E-state index is 12.6. The van der Waals surface area contributed by atoms with Crippen molar-refractivity contribution in [2.24, 2.45) is 0 Å². The highest BCUT2D eigenvalue weighted by molar-refractivity contribution is 7.99. The quantitative estimate of drug-likeness (QED) is 0.527. The molecule has 1 N–H and O–H groups in total. The van der Waals surface area contributed by atoms with Crippen LogP contribution in [0.1, 0.15) is 5.76 Å². The van der Waals surface area contributed by atoms with Crippen LogP contribution >= 0.6 is 11.8 Å². The number of hydrazine groups is 1. The molecule has 0 aliphatic carbocycles. The van der Waals surface area contributed by atoms with Gasteiger partial charge in [0.2, 0.25) is 0 Å². The molecule has 2 aromatic carbocycles. The molecule has 6 nitrogen and oxygen atoms in total. The lowest BCUT2D eigenvalue weighted by molar-refractivity contribution is -0.117. The normalized spacial score (nSPS) is 15.2. The first-order valence-corrected chi connectivity index (χ1v) is 9.29. The average molecular weight is 392 g/mol. The van der Waals surface area contributed by atoms with Gasteiger partial charge in [0.25, 0.3) is 11.8 Å². The zero-order valence-electron chi connectivity index (χ0n) is 14.9. The molecule has 4 rings (SSSR count). The Labute approximate surface area is 165 Å². The smallest absolute Gasteiger partial charge is 0.282 e. The van der Waals surface area contributed by atoms with Crippen LogP contribution in [0.5, 0.6) is 5.75 Å². The number of hydrogen-bond acceptors (Lipinski definition) is 5. The Bertz CT molecular complexity index is 1040. The van der Waals surface area contributed by atoms with Crippen molar-refractivity contribution in [2.75, 3.05) is 12.1 Å². The van der Waals surface area contributed by atoms with Crippen LogP contribution in [0.25, 0.3) is 6.08 Å². The number of amides is 2. The molecule has 0 saturated carbocycles. The summed E-state index contributed by atoms with van der Waals surface area (Å²) in [4.78, 5) is 25.8. The summed E-state index contributed by atoms with van der Waals surface area (Å²) in [7, 11) is 1.62. The van der Waals surface area contributed by atoms with Gasteiger partial charge in [-0.15, -0.1) is 0 Å². The molecule has 0 atom stereocenters. The van der Waals surface area contributed by atoms with Crippen molar-refractivity contribution >= 4 is 35.3 Å². The summed E-state index contributed by atoms with van der Waals surface area (Å²) in [5.74, 6) is 0.332. The minimum Gasteiger partial charge on any atom is -0.497 e. The third-order valence-electron chi connectivity index (χ3n) is 4.07. The summed E-state index contributed by atoms with van der Waals surface area (Å²) in [6.45, 7) is 0. The number of anilines is 1. The SMILES string of the molecule is COc1ccc(Sc2ccc(C=C3C(=O)NN(c4ccccc4)C3=O)o2)cc1. The summed E-state index contributed by atoms with van der Waals surface area (Å²) in [6.07, 6.45) is 1.46. The number of nitrogens with zero attached hydrogens (tertiary/aromatic N) is 1. The number of carbonyl (C=O) groups is 2. The Morgan fingerprint density at radius 2 is 1.75 bits per heavy atom. The van der Waals surface area contributed by atoms with Gasteiger partial charge in [-0.1, -0.05) is 30.0 Å². The highest BCUT2D eigenvalue weighted by atomic mass is 32.2. The van der Waals surface area contributed by atoms with Crippen molar-refractivity contribution in [3.05, 3.63) is 78.1 Å². The molecule has 2 amide bonds. The molecule has 0 radical (unpaired) electrons. The van der Waals surface area contributed by atoms with Crippen LogP contribution in [0.15, 0.2) is 86.7 Å². The number of nitrogens with one attached hydrogen (secondary N) is 1. The maximum Gasteiger partial charge on any atom is 0.282 e. The Morgan fingerprint density at radius 1 is 1.00 bits per heavy atom. The van der Waals surface area contributed by atoms with Crippen molar-refractivity contribution in [1.29, 1.82) is 0 Å². The number of hydrogen-bond donors (Lipinski definition) is 1. The van der Waals surface area contributed by atoms with Crippen LogP contribution in [0.4, 0.5) is 5.69 Å². The third-order valence-corrected chi connectivity index (χ3v) is 5.00. The predicted molar refractivity (Wildman–Crippen MR) is 106 cm³/mol. The Morgan fingerprint density at radius 3 is 2.46 bits per heavy atom. The fraction of sp³-hybridized carbons (Fsp3) is 0.0476. The zero-order valence-corrected chi connectivity index (χ0v) is 15.7. The van der Waals surface area contributed by atoms with Gasteiger partial charge in [0.05, 0.1) is 12.8 Å². The topological polar surface area (TPSA) is 71.8 Å². The third kappa shape index (κ3) is 3.65. The van der Waals surface area contributed by atoms with Crippen LogP contribution in [-0.2, 0) is 9.59 Å². The van der Waals surface area contributed by atoms with Gasteiger partial charge < -0.3 is 9.15 Å². The second-order valence-corrected chi connectivity index (χ2v) is 6.99. The van der Waals surface area contributed by atoms with Gasteiger partial charge in [-0.3, -0.25) is 15.0 Å². The minimum atomic E-state index is -0.463. The van der Waals surface area contributed by atoms with Crippen LogP contribution in [-0.4, -0.2) is 18.9 Å². The van der Waals surface area contributed by atoms with Crippen molar-refractivity contribution < 1.29 is 18.7 Å². The summed E-state index contributed by atoms with van der Waals surface area (Å²) >= 11 is 1.44. The molecule has 1 saturated heterocycles. The molecule has 1 aromatic heterocycles. The molecule has 28 heavy (non-hydrogen) atoms. The van der Waals surface area contributed by atoms with E-state index in [9.17, 15) is 9.59 Å². The molecule has 0 bridgehead atoms. The summed E-state index contributed by atoms with van der Waals surface area (Å²) < 4.78 is 10.9. The molecule has 0 unspecified atom stereocenters. The van der Waals surface area contributed by atoms with E-state index in [-0.39, 0.29) is 5.57 Å². The first-order valence-electron chi connectivity index (χ1n) is 8.48. The van der Waals surface area contributed by atoms with Crippen molar-refractivity contribution in [1.82, 2.24) is 5.43 Å². The second-order valence-electron chi connectivity index (χ2n) is 5.91. The number of ether oxygens (including phenoxy) is 1. The fourth-order valence-corrected chi connectivity index (χ4v) is 3.46. The number of furan rings is 1. The van der Waals surface area contributed by atoms with E-state index in [1.165, 1.54) is 22.8 Å². The Kier molecular flexibility index (Phi) is 4.90. The molecule has 0 spiro atoms. The largest absolute Gasteiger partial charge is 0.497 e. The van der Waals surface area contributed by atoms with Gasteiger partial charge in [0, 0.05) is 4.90 Å². The summed E-state index contributed by atoms with van der Waals surface area (Å²) in [5, 5.41) is 1.88. The summed E-state index contributed by atoms with van der Waals surface area (Å²) in [6, 6.07) is 20.0. The number of para-hydroxylation sites is 1. The van der Waals surface area contributed by atoms with E-state index in [4.69, 9.17) is 9.15 Å². The van der Waals surface area contributed by atoms with Crippen molar-refractivity contribution in [3.8, 4) is 5.75 Å². The predicted octanol–water partition coefficient (Wildman–Crippen LogP) is 3.90. The van der Waals surface area contributed by atoms with Gasteiger partial charge in [-0.05, 0) is 54.6 Å². The zero-order chi connectivity index (χ0) is 19.5. The van der Waals surface area contributed by atoms with Gasteiger partial charge in [0.1, 0.15) is 17.1 Å². The monoisotopic (exact) mass is 392 g/mol. The lowest BCUT2D eigenvalue weighted by atomic mass is 10.2. The highest BCUT2D eigenvalue weighted by Gasteiger charge is 2.34. The van der Waals surface area contributed by atoms with Crippen LogP contribution in [0.3, 0.4) is 0 Å². The molecular formula is C21H16N2O4S. The molecule has 3 aromatic rings. The van der Waals surface area contributed by atoms with E-state index in [0.29, 0.717) is 16.5 Å². The summed E-state index contributed by atoms with van der Waals surface area (Å²) in [5.41, 5.74) is 3.19. The Hall–Kier alpha value is -3.45. The molecule has 1 aliphatic heterocycles. The van der Waals surface area contributed by atoms with Gasteiger partial charge >= 0.3 is 0 Å². The molecule has 2 heterocycles. The van der Waals surface area contributed by atoms with E-state index < -0.39 is 11.8 Å². The van der Waals surface area contributed by atoms with E-state index >= 15 is 0 Å².